The molecule has 0 spiro atoms. The highest BCUT2D eigenvalue weighted by atomic mass is 16.5. The molecule has 1 aromatic heterocycles. The summed E-state index contributed by atoms with van der Waals surface area (Å²) < 4.78 is 10.5. The van der Waals surface area contributed by atoms with Gasteiger partial charge in [0, 0.05) is 24.9 Å². The first-order chi connectivity index (χ1) is 10.8. The Morgan fingerprint density at radius 2 is 2.14 bits per heavy atom. The van der Waals surface area contributed by atoms with E-state index in [0.717, 1.165) is 17.0 Å². The van der Waals surface area contributed by atoms with E-state index in [1.165, 1.54) is 0 Å². The summed E-state index contributed by atoms with van der Waals surface area (Å²) in [5.74, 6) is 0.653. The summed E-state index contributed by atoms with van der Waals surface area (Å²) in [6, 6.07) is 13.3. The van der Waals surface area contributed by atoms with Gasteiger partial charge in [-0.2, -0.15) is 0 Å². The highest BCUT2D eigenvalue weighted by Gasteiger charge is 2.02. The standard InChI is InChI=1S/C17H20N2O3/c1-21-16-7-4-5-14(11-16)12-22-13-17(20)19-10-8-15-6-2-3-9-18-15/h2-7,9,11H,8,10,12-13H2,1H3,(H,19,20). The van der Waals surface area contributed by atoms with Gasteiger partial charge in [-0.1, -0.05) is 18.2 Å². The number of ether oxygens (including phenoxy) is 2. The van der Waals surface area contributed by atoms with E-state index in [4.69, 9.17) is 9.47 Å². The van der Waals surface area contributed by atoms with Gasteiger partial charge >= 0.3 is 0 Å². The monoisotopic (exact) mass is 300 g/mol. The lowest BCUT2D eigenvalue weighted by Crippen LogP contribution is -2.29. The molecule has 1 amide bonds. The summed E-state index contributed by atoms with van der Waals surface area (Å²) in [6.45, 7) is 0.975. The molecule has 1 N–H and O–H groups in total. The number of nitrogens with one attached hydrogen (secondary N) is 1. The molecule has 0 saturated carbocycles. The van der Waals surface area contributed by atoms with Crippen LogP contribution in [0.1, 0.15) is 11.3 Å². The minimum Gasteiger partial charge on any atom is -0.497 e. The number of nitrogens with zero attached hydrogens (tertiary/aromatic N) is 1. The molecule has 0 saturated heterocycles. The smallest absolute Gasteiger partial charge is 0.246 e. The summed E-state index contributed by atoms with van der Waals surface area (Å²) in [7, 11) is 1.62. The Kier molecular flexibility index (Phi) is 6.39. The molecule has 0 radical (unpaired) electrons. The molecule has 5 heteroatoms. The number of carbonyl (C=O) groups is 1. The zero-order valence-electron chi connectivity index (χ0n) is 12.6. The van der Waals surface area contributed by atoms with Crippen LogP contribution in [-0.2, 0) is 22.6 Å². The number of pyridine rings is 1. The van der Waals surface area contributed by atoms with E-state index < -0.39 is 0 Å². The fourth-order valence-electron chi connectivity index (χ4n) is 1.95. The van der Waals surface area contributed by atoms with E-state index in [2.05, 4.69) is 10.3 Å². The minimum atomic E-state index is -0.126. The second-order valence-corrected chi connectivity index (χ2v) is 4.77. The van der Waals surface area contributed by atoms with Crippen LogP contribution in [0.4, 0.5) is 0 Å². The molecule has 0 aliphatic heterocycles. The lowest BCUT2D eigenvalue weighted by molar-refractivity contribution is -0.126. The molecule has 0 fully saturated rings. The molecule has 2 aromatic rings. The average Bonchev–Trinajstić information content (AvgIpc) is 2.56. The van der Waals surface area contributed by atoms with Gasteiger partial charge in [0.05, 0.1) is 13.7 Å². The van der Waals surface area contributed by atoms with Crippen LogP contribution in [0, 0.1) is 0 Å². The first-order valence-electron chi connectivity index (χ1n) is 7.15. The van der Waals surface area contributed by atoms with Crippen molar-refractivity contribution in [2.45, 2.75) is 13.0 Å². The Morgan fingerprint density at radius 1 is 1.23 bits per heavy atom. The van der Waals surface area contributed by atoms with E-state index in [-0.39, 0.29) is 12.5 Å². The molecular weight excluding hydrogens is 280 g/mol. The molecule has 0 atom stereocenters. The van der Waals surface area contributed by atoms with E-state index in [1.807, 2.05) is 42.5 Å². The van der Waals surface area contributed by atoms with Gasteiger partial charge < -0.3 is 14.8 Å². The van der Waals surface area contributed by atoms with Crippen LogP contribution < -0.4 is 10.1 Å². The van der Waals surface area contributed by atoms with Crippen molar-refractivity contribution in [2.24, 2.45) is 0 Å². The van der Waals surface area contributed by atoms with Crippen LogP contribution in [0.2, 0.25) is 0 Å². The van der Waals surface area contributed by atoms with E-state index in [0.29, 0.717) is 19.6 Å². The van der Waals surface area contributed by atoms with Gasteiger partial charge in [-0.05, 0) is 29.8 Å². The normalized spacial score (nSPS) is 10.2. The van der Waals surface area contributed by atoms with Gasteiger partial charge in [0.1, 0.15) is 12.4 Å². The molecule has 0 aliphatic carbocycles. The van der Waals surface area contributed by atoms with Gasteiger partial charge in [0.15, 0.2) is 0 Å². The van der Waals surface area contributed by atoms with Crippen molar-refractivity contribution in [1.82, 2.24) is 10.3 Å². The van der Waals surface area contributed by atoms with Crippen LogP contribution >= 0.6 is 0 Å². The van der Waals surface area contributed by atoms with Gasteiger partial charge in [-0.3, -0.25) is 9.78 Å². The largest absolute Gasteiger partial charge is 0.497 e. The van der Waals surface area contributed by atoms with Crippen molar-refractivity contribution in [1.29, 1.82) is 0 Å². The maximum atomic E-state index is 11.7. The Morgan fingerprint density at radius 3 is 2.91 bits per heavy atom. The van der Waals surface area contributed by atoms with Gasteiger partial charge in [0.25, 0.3) is 0 Å². The quantitative estimate of drug-likeness (QED) is 0.809. The van der Waals surface area contributed by atoms with E-state index >= 15 is 0 Å². The third kappa shape index (κ3) is 5.54. The lowest BCUT2D eigenvalue weighted by atomic mass is 10.2. The third-order valence-electron chi connectivity index (χ3n) is 3.07. The minimum absolute atomic E-state index is 0.0411. The van der Waals surface area contributed by atoms with E-state index in [1.54, 1.807) is 13.3 Å². The van der Waals surface area contributed by atoms with Crippen LogP contribution in [0.5, 0.6) is 5.75 Å². The maximum Gasteiger partial charge on any atom is 0.246 e. The molecule has 0 bridgehead atoms. The number of carbonyl (C=O) groups excluding carboxylic acids is 1. The Balaban J connectivity index is 1.63. The van der Waals surface area contributed by atoms with Crippen molar-refractivity contribution >= 4 is 5.91 Å². The third-order valence-corrected chi connectivity index (χ3v) is 3.07. The fourth-order valence-corrected chi connectivity index (χ4v) is 1.95. The number of methoxy groups -OCH3 is 1. The molecule has 1 aromatic carbocycles. The zero-order chi connectivity index (χ0) is 15.6. The van der Waals surface area contributed by atoms with Crippen LogP contribution in [0.3, 0.4) is 0 Å². The molecule has 0 aliphatic rings. The predicted molar refractivity (Wildman–Crippen MR) is 83.6 cm³/mol. The van der Waals surface area contributed by atoms with Crippen molar-refractivity contribution in [3.05, 3.63) is 59.9 Å². The summed E-state index contributed by atoms with van der Waals surface area (Å²) in [5.41, 5.74) is 1.93. The number of rotatable bonds is 8. The number of aromatic nitrogens is 1. The predicted octanol–water partition coefficient (Wildman–Crippen LogP) is 1.97. The van der Waals surface area contributed by atoms with Crippen molar-refractivity contribution in [3.63, 3.8) is 0 Å². The summed E-state index contributed by atoms with van der Waals surface area (Å²) in [5, 5.41) is 2.81. The number of hydrogen-bond acceptors (Lipinski definition) is 4. The molecule has 1 heterocycles. The van der Waals surface area contributed by atoms with Crippen molar-refractivity contribution < 1.29 is 14.3 Å². The van der Waals surface area contributed by atoms with Crippen LogP contribution in [0.15, 0.2) is 48.7 Å². The molecule has 5 nitrogen and oxygen atoms in total. The molecule has 116 valence electrons. The molecule has 22 heavy (non-hydrogen) atoms. The SMILES string of the molecule is COc1cccc(COCC(=O)NCCc2ccccn2)c1. The topological polar surface area (TPSA) is 60.5 Å². The number of amides is 1. The fraction of sp³-hybridized carbons (Fsp3) is 0.294. The second-order valence-electron chi connectivity index (χ2n) is 4.77. The first-order valence-corrected chi connectivity index (χ1v) is 7.15. The highest BCUT2D eigenvalue weighted by molar-refractivity contribution is 5.77. The van der Waals surface area contributed by atoms with Crippen molar-refractivity contribution in [3.8, 4) is 5.75 Å². The van der Waals surface area contributed by atoms with Crippen LogP contribution in [0.25, 0.3) is 0 Å². The van der Waals surface area contributed by atoms with Gasteiger partial charge in [0.2, 0.25) is 5.91 Å². The summed E-state index contributed by atoms with van der Waals surface area (Å²) in [6.07, 6.45) is 2.46. The Bertz CT molecular complexity index is 587. The lowest BCUT2D eigenvalue weighted by Gasteiger charge is -2.07. The number of hydrogen-bond donors (Lipinski definition) is 1. The summed E-state index contributed by atoms with van der Waals surface area (Å²) >= 11 is 0. The van der Waals surface area contributed by atoms with Gasteiger partial charge in [-0.25, -0.2) is 0 Å². The molecule has 2 rings (SSSR count). The molecular formula is C17H20N2O3. The Labute approximate surface area is 130 Å². The molecule has 0 unspecified atom stereocenters. The average molecular weight is 300 g/mol. The van der Waals surface area contributed by atoms with Gasteiger partial charge in [-0.15, -0.1) is 0 Å². The number of benzene rings is 1. The van der Waals surface area contributed by atoms with Crippen LogP contribution in [-0.4, -0.2) is 31.2 Å². The highest BCUT2D eigenvalue weighted by Crippen LogP contribution is 2.12. The second kappa shape index (κ2) is 8.79. The first kappa shape index (κ1) is 16.0. The van der Waals surface area contributed by atoms with E-state index in [9.17, 15) is 4.79 Å². The Hall–Kier alpha value is -2.40. The summed E-state index contributed by atoms with van der Waals surface area (Å²) in [4.78, 5) is 15.9. The van der Waals surface area contributed by atoms with Crippen molar-refractivity contribution in [2.75, 3.05) is 20.3 Å². The maximum absolute atomic E-state index is 11.7. The zero-order valence-corrected chi connectivity index (χ0v) is 12.6.